The number of halogens is 3. The van der Waals surface area contributed by atoms with Gasteiger partial charge in [-0.25, -0.2) is 18.0 Å². The smallest absolute Gasteiger partial charge is 0.415 e. The number of ether oxygens (including phenoxy) is 3. The predicted octanol–water partition coefficient (Wildman–Crippen LogP) is 6.03. The molecule has 0 saturated heterocycles. The molecule has 1 atom stereocenters. The number of benzene rings is 1. The average molecular weight is 444 g/mol. The van der Waals surface area contributed by atoms with Gasteiger partial charge in [-0.2, -0.15) is 0 Å². The second-order valence-electron chi connectivity index (χ2n) is 8.56. The molecule has 0 fully saturated rings. The minimum absolute atomic E-state index is 0.00476. The zero-order valence-corrected chi connectivity index (χ0v) is 18.7. The third-order valence-corrected chi connectivity index (χ3v) is 4.70. The first kappa shape index (κ1) is 25.0. The molecule has 8 heteroatoms. The van der Waals surface area contributed by atoms with Gasteiger partial charge in [0.25, 0.3) is 0 Å². The largest absolute Gasteiger partial charge is 0.497 e. The van der Waals surface area contributed by atoms with Crippen molar-refractivity contribution in [2.75, 3.05) is 19.8 Å². The number of carbonyl (C=O) groups excluding carboxylic acids is 1. The summed E-state index contributed by atoms with van der Waals surface area (Å²) in [6, 6.07) is 1.28. The van der Waals surface area contributed by atoms with Crippen LogP contribution in [0, 0.1) is 17.5 Å². The Balaban J connectivity index is 2.18. The molecule has 1 aromatic carbocycles. The topological polar surface area (TPSA) is 48.0 Å². The van der Waals surface area contributed by atoms with Crippen LogP contribution in [-0.4, -0.2) is 42.5 Å². The van der Waals surface area contributed by atoms with Gasteiger partial charge in [0.2, 0.25) is 0 Å². The van der Waals surface area contributed by atoms with Crippen LogP contribution in [0.3, 0.4) is 0 Å². The van der Waals surface area contributed by atoms with E-state index in [1.807, 2.05) is 0 Å². The summed E-state index contributed by atoms with van der Waals surface area (Å²) in [6.07, 6.45) is 4.84. The van der Waals surface area contributed by atoms with E-state index in [2.05, 4.69) is 6.92 Å². The molecule has 0 bridgehead atoms. The SMILES string of the molecule is CCCCOCCCC[C@@H]1COC=C(c2cc(F)c(F)c(F)c2)N1C(=O)OC(C)(C)C. The highest BCUT2D eigenvalue weighted by Gasteiger charge is 2.35. The molecule has 1 aliphatic rings. The highest BCUT2D eigenvalue weighted by atomic mass is 19.2. The summed E-state index contributed by atoms with van der Waals surface area (Å²) >= 11 is 0. The summed E-state index contributed by atoms with van der Waals surface area (Å²) in [7, 11) is 0. The molecule has 0 aromatic heterocycles. The second kappa shape index (κ2) is 11.4. The van der Waals surface area contributed by atoms with Gasteiger partial charge in [0.15, 0.2) is 17.5 Å². The normalized spacial score (nSPS) is 16.7. The predicted molar refractivity (Wildman–Crippen MR) is 112 cm³/mol. The van der Waals surface area contributed by atoms with E-state index in [0.717, 1.165) is 44.4 Å². The molecule has 1 amide bonds. The van der Waals surface area contributed by atoms with E-state index >= 15 is 0 Å². The third-order valence-electron chi connectivity index (χ3n) is 4.70. The Morgan fingerprint density at radius 3 is 2.39 bits per heavy atom. The maximum atomic E-state index is 13.8. The first-order valence-electron chi connectivity index (χ1n) is 10.7. The van der Waals surface area contributed by atoms with Gasteiger partial charge in [0.05, 0.1) is 11.7 Å². The fourth-order valence-corrected chi connectivity index (χ4v) is 3.18. The number of rotatable bonds is 9. The third kappa shape index (κ3) is 7.45. The van der Waals surface area contributed by atoms with Crippen LogP contribution in [0.5, 0.6) is 0 Å². The lowest BCUT2D eigenvalue weighted by Crippen LogP contribution is -2.46. The van der Waals surface area contributed by atoms with Gasteiger partial charge in [-0.1, -0.05) is 13.3 Å². The zero-order valence-electron chi connectivity index (χ0n) is 18.7. The average Bonchev–Trinajstić information content (AvgIpc) is 2.69. The number of hydrogen-bond donors (Lipinski definition) is 0. The first-order chi connectivity index (χ1) is 14.6. The lowest BCUT2D eigenvalue weighted by molar-refractivity contribution is 0.0166. The number of hydrogen-bond acceptors (Lipinski definition) is 4. The molecule has 0 unspecified atom stereocenters. The van der Waals surface area contributed by atoms with E-state index in [9.17, 15) is 18.0 Å². The lowest BCUT2D eigenvalue weighted by Gasteiger charge is -2.37. The Labute approximate surface area is 182 Å². The Morgan fingerprint density at radius 2 is 1.77 bits per heavy atom. The molecule has 0 N–H and O–H groups in total. The fourth-order valence-electron chi connectivity index (χ4n) is 3.18. The van der Waals surface area contributed by atoms with E-state index in [4.69, 9.17) is 14.2 Å². The summed E-state index contributed by atoms with van der Waals surface area (Å²) in [4.78, 5) is 14.3. The molecule has 2 rings (SSSR count). The zero-order chi connectivity index (χ0) is 23.0. The molecule has 5 nitrogen and oxygen atoms in total. The molecule has 1 aromatic rings. The van der Waals surface area contributed by atoms with Crippen molar-refractivity contribution < 1.29 is 32.2 Å². The molecule has 1 heterocycles. The maximum Gasteiger partial charge on any atom is 0.415 e. The minimum Gasteiger partial charge on any atom is -0.497 e. The Bertz CT molecular complexity index is 754. The van der Waals surface area contributed by atoms with Crippen LogP contribution in [0.25, 0.3) is 5.70 Å². The molecular formula is C23H32F3NO4. The highest BCUT2D eigenvalue weighted by Crippen LogP contribution is 2.31. The Kier molecular flexibility index (Phi) is 9.22. The number of amides is 1. The second-order valence-corrected chi connectivity index (χ2v) is 8.56. The number of unbranched alkanes of at least 4 members (excludes halogenated alkanes) is 2. The van der Waals surface area contributed by atoms with Crippen molar-refractivity contribution in [3.05, 3.63) is 41.4 Å². The van der Waals surface area contributed by atoms with E-state index in [1.54, 1.807) is 20.8 Å². The van der Waals surface area contributed by atoms with E-state index in [-0.39, 0.29) is 17.9 Å². The molecule has 0 saturated carbocycles. The standard InChI is InChI=1S/C23H32F3NO4/c1-5-6-10-29-11-8-7-9-17-14-30-15-20(27(17)22(28)31-23(2,3)4)16-12-18(24)21(26)19(25)13-16/h12-13,15,17H,5-11,14H2,1-4H3/t17-/m1/s1. The van der Waals surface area contributed by atoms with Gasteiger partial charge in [0, 0.05) is 18.8 Å². The van der Waals surface area contributed by atoms with Crippen LogP contribution in [0.1, 0.15) is 65.4 Å². The van der Waals surface area contributed by atoms with Gasteiger partial charge in [-0.05, 0) is 58.6 Å². The summed E-state index contributed by atoms with van der Waals surface area (Å²) in [5.74, 6) is -4.25. The van der Waals surface area contributed by atoms with Gasteiger partial charge in [-0.15, -0.1) is 0 Å². The van der Waals surface area contributed by atoms with Gasteiger partial charge in [-0.3, -0.25) is 4.90 Å². The summed E-state index contributed by atoms with van der Waals surface area (Å²) in [5.41, 5.74) is -0.644. The van der Waals surface area contributed by atoms with Crippen molar-refractivity contribution in [1.29, 1.82) is 0 Å². The molecule has 0 aliphatic carbocycles. The number of carbonyl (C=O) groups is 1. The van der Waals surface area contributed by atoms with E-state index in [1.165, 1.54) is 11.2 Å². The van der Waals surface area contributed by atoms with E-state index in [0.29, 0.717) is 13.0 Å². The van der Waals surface area contributed by atoms with Crippen LogP contribution in [-0.2, 0) is 14.2 Å². The van der Waals surface area contributed by atoms with E-state index < -0.39 is 35.2 Å². The Morgan fingerprint density at radius 1 is 1.13 bits per heavy atom. The minimum atomic E-state index is -1.57. The maximum absolute atomic E-state index is 13.8. The lowest BCUT2D eigenvalue weighted by atomic mass is 10.0. The van der Waals surface area contributed by atoms with Crippen molar-refractivity contribution in [2.45, 2.75) is 71.4 Å². The molecule has 0 spiro atoms. The monoisotopic (exact) mass is 443 g/mol. The molecule has 31 heavy (non-hydrogen) atoms. The van der Waals surface area contributed by atoms with Crippen molar-refractivity contribution >= 4 is 11.8 Å². The fraction of sp³-hybridized carbons (Fsp3) is 0.609. The van der Waals surface area contributed by atoms with Crippen molar-refractivity contribution in [1.82, 2.24) is 4.90 Å². The quantitative estimate of drug-likeness (QED) is 0.346. The van der Waals surface area contributed by atoms with Gasteiger partial charge in [0.1, 0.15) is 18.5 Å². The molecule has 0 radical (unpaired) electrons. The van der Waals surface area contributed by atoms with Crippen LogP contribution in [0.4, 0.5) is 18.0 Å². The Hall–Kier alpha value is -2.22. The van der Waals surface area contributed by atoms with Crippen molar-refractivity contribution in [3.8, 4) is 0 Å². The molecule has 174 valence electrons. The first-order valence-corrected chi connectivity index (χ1v) is 10.7. The highest BCUT2D eigenvalue weighted by molar-refractivity contribution is 5.83. The summed E-state index contributed by atoms with van der Waals surface area (Å²) in [5, 5.41) is 0. The van der Waals surface area contributed by atoms with Crippen LogP contribution < -0.4 is 0 Å². The van der Waals surface area contributed by atoms with Gasteiger partial charge < -0.3 is 14.2 Å². The summed E-state index contributed by atoms with van der Waals surface area (Å²) in [6.45, 7) is 8.85. The molecule has 1 aliphatic heterocycles. The van der Waals surface area contributed by atoms with Gasteiger partial charge >= 0.3 is 6.09 Å². The van der Waals surface area contributed by atoms with Crippen LogP contribution >= 0.6 is 0 Å². The van der Waals surface area contributed by atoms with Crippen molar-refractivity contribution in [3.63, 3.8) is 0 Å². The van der Waals surface area contributed by atoms with Crippen molar-refractivity contribution in [2.24, 2.45) is 0 Å². The molecular weight excluding hydrogens is 411 g/mol. The number of nitrogens with zero attached hydrogens (tertiary/aromatic N) is 1. The van der Waals surface area contributed by atoms with Crippen LogP contribution in [0.15, 0.2) is 18.4 Å². The van der Waals surface area contributed by atoms with Crippen LogP contribution in [0.2, 0.25) is 0 Å². The summed E-state index contributed by atoms with van der Waals surface area (Å²) < 4.78 is 57.7.